The van der Waals surface area contributed by atoms with E-state index in [1.807, 2.05) is 45.0 Å². The van der Waals surface area contributed by atoms with E-state index in [0.717, 1.165) is 48.2 Å². The number of hydrogen-bond acceptors (Lipinski definition) is 9. The first-order valence-electron chi connectivity index (χ1n) is 15.6. The van der Waals surface area contributed by atoms with Gasteiger partial charge in [-0.15, -0.1) is 0 Å². The molecule has 5 rings (SSSR count). The van der Waals surface area contributed by atoms with Gasteiger partial charge in [-0.05, 0) is 94.2 Å². The molecule has 0 radical (unpaired) electrons. The van der Waals surface area contributed by atoms with E-state index in [1.165, 1.54) is 17.2 Å². The Kier molecular flexibility index (Phi) is 10.8. The van der Waals surface area contributed by atoms with Crippen LogP contribution in [0, 0.1) is 32.5 Å². The molecule has 248 valence electrons. The quantitative estimate of drug-likeness (QED) is 0.182. The predicted molar refractivity (Wildman–Crippen MR) is 180 cm³/mol. The lowest BCUT2D eigenvalue weighted by molar-refractivity contribution is 0.147. The van der Waals surface area contributed by atoms with Crippen molar-refractivity contribution in [1.29, 1.82) is 0 Å². The maximum absolute atomic E-state index is 15.1. The molecule has 1 saturated heterocycles. The summed E-state index contributed by atoms with van der Waals surface area (Å²) in [6, 6.07) is 15.6. The van der Waals surface area contributed by atoms with E-state index >= 15 is 4.39 Å². The standard InChI is InChI=1S/C36H42FN5O5/c1-23-14-24(2)34(25(3)15-23)47-36(43)42(21-27-16-29(44-5)19-30(17-27)45-6)33-11-12-38-35(40-33)39-28-9-10-32(31(37)18-28)46-22-26-8-7-13-41(4)20-26/h9-12,14-19,26H,7-8,13,20-22H2,1-6H3,(H,38,39,40). The van der Waals surface area contributed by atoms with Gasteiger partial charge in [0.05, 0.1) is 27.4 Å². The van der Waals surface area contributed by atoms with Gasteiger partial charge in [-0.25, -0.2) is 14.2 Å². The molecule has 0 bridgehead atoms. The number of nitrogens with zero attached hydrogens (tertiary/aromatic N) is 4. The molecule has 1 fully saturated rings. The number of aromatic nitrogens is 2. The molecule has 0 aliphatic carbocycles. The Bertz CT molecular complexity index is 1670. The number of carbonyl (C=O) groups is 1. The van der Waals surface area contributed by atoms with Gasteiger partial charge >= 0.3 is 6.09 Å². The SMILES string of the molecule is COc1cc(CN(C(=O)Oc2c(C)cc(C)cc2C)c2ccnc(Nc3ccc(OCC4CCCN(C)C4)c(F)c3)n2)cc(OC)c1. The summed E-state index contributed by atoms with van der Waals surface area (Å²) < 4.78 is 37.7. The molecule has 1 atom stereocenters. The van der Waals surface area contributed by atoms with Gasteiger partial charge in [-0.1, -0.05) is 17.7 Å². The van der Waals surface area contributed by atoms with E-state index in [-0.39, 0.29) is 24.1 Å². The molecular weight excluding hydrogens is 601 g/mol. The number of piperidine rings is 1. The summed E-state index contributed by atoms with van der Waals surface area (Å²) in [5.74, 6) is 2.15. The van der Waals surface area contributed by atoms with Gasteiger partial charge < -0.3 is 29.2 Å². The Morgan fingerprint density at radius 1 is 1.02 bits per heavy atom. The number of ether oxygens (including phenoxy) is 4. The molecule has 1 aliphatic heterocycles. The van der Waals surface area contributed by atoms with Crippen molar-refractivity contribution in [3.8, 4) is 23.0 Å². The number of anilines is 3. The summed E-state index contributed by atoms with van der Waals surface area (Å²) in [6.07, 6.45) is 3.07. The number of carbonyl (C=O) groups excluding carboxylic acids is 1. The van der Waals surface area contributed by atoms with Gasteiger partial charge in [-0.3, -0.25) is 4.90 Å². The van der Waals surface area contributed by atoms with Crippen LogP contribution in [0.1, 0.15) is 35.1 Å². The van der Waals surface area contributed by atoms with E-state index in [9.17, 15) is 4.79 Å². The second-order valence-corrected chi connectivity index (χ2v) is 12.0. The van der Waals surface area contributed by atoms with E-state index in [1.54, 1.807) is 38.5 Å². The molecule has 0 saturated carbocycles. The lowest BCUT2D eigenvalue weighted by Gasteiger charge is -2.29. The summed E-state index contributed by atoms with van der Waals surface area (Å²) in [6.45, 7) is 8.36. The first-order chi connectivity index (χ1) is 22.6. The van der Waals surface area contributed by atoms with Gasteiger partial charge in [0.1, 0.15) is 23.1 Å². The normalized spacial score (nSPS) is 14.7. The highest BCUT2D eigenvalue weighted by Gasteiger charge is 2.24. The molecule has 1 amide bonds. The van der Waals surface area contributed by atoms with Crippen molar-refractivity contribution in [2.75, 3.05) is 51.2 Å². The monoisotopic (exact) mass is 643 g/mol. The maximum Gasteiger partial charge on any atom is 0.421 e. The van der Waals surface area contributed by atoms with Crippen molar-refractivity contribution in [2.45, 2.75) is 40.2 Å². The summed E-state index contributed by atoms with van der Waals surface area (Å²) in [4.78, 5) is 26.5. The molecular formula is C36H42FN5O5. The highest BCUT2D eigenvalue weighted by atomic mass is 19.1. The van der Waals surface area contributed by atoms with Crippen LogP contribution in [0.5, 0.6) is 23.0 Å². The van der Waals surface area contributed by atoms with E-state index in [0.29, 0.717) is 35.5 Å². The molecule has 1 N–H and O–H groups in total. The smallest absolute Gasteiger partial charge is 0.421 e. The zero-order valence-corrected chi connectivity index (χ0v) is 27.8. The lowest BCUT2D eigenvalue weighted by Crippen LogP contribution is -2.34. The van der Waals surface area contributed by atoms with Gasteiger partial charge in [-0.2, -0.15) is 4.98 Å². The Morgan fingerprint density at radius 3 is 2.40 bits per heavy atom. The van der Waals surface area contributed by atoms with Crippen molar-refractivity contribution < 1.29 is 28.1 Å². The molecule has 0 spiro atoms. The van der Waals surface area contributed by atoms with Crippen LogP contribution in [-0.4, -0.2) is 61.9 Å². The summed E-state index contributed by atoms with van der Waals surface area (Å²) in [5.41, 5.74) is 3.90. The molecule has 47 heavy (non-hydrogen) atoms. The van der Waals surface area contributed by atoms with Crippen LogP contribution in [0.4, 0.5) is 26.6 Å². The van der Waals surface area contributed by atoms with E-state index in [4.69, 9.17) is 18.9 Å². The zero-order valence-electron chi connectivity index (χ0n) is 27.8. The molecule has 1 aromatic heterocycles. The topological polar surface area (TPSA) is 98.3 Å². The molecule has 4 aromatic rings. The van der Waals surface area contributed by atoms with E-state index in [2.05, 4.69) is 27.2 Å². The summed E-state index contributed by atoms with van der Waals surface area (Å²) in [5, 5.41) is 3.05. The number of benzene rings is 3. The predicted octanol–water partition coefficient (Wildman–Crippen LogP) is 7.23. The van der Waals surface area contributed by atoms with Crippen molar-refractivity contribution in [1.82, 2.24) is 14.9 Å². The molecule has 1 aliphatic rings. The van der Waals surface area contributed by atoms with Crippen LogP contribution in [0.15, 0.2) is 60.8 Å². The summed E-state index contributed by atoms with van der Waals surface area (Å²) in [7, 11) is 5.22. The molecule has 10 nitrogen and oxygen atoms in total. The van der Waals surface area contributed by atoms with Gasteiger partial charge in [0.15, 0.2) is 11.6 Å². The summed E-state index contributed by atoms with van der Waals surface area (Å²) >= 11 is 0. The van der Waals surface area contributed by atoms with Crippen LogP contribution in [0.2, 0.25) is 0 Å². The minimum Gasteiger partial charge on any atom is -0.497 e. The molecule has 1 unspecified atom stereocenters. The Balaban J connectivity index is 1.38. The number of aryl methyl sites for hydroxylation is 3. The van der Waals surface area contributed by atoms with Gasteiger partial charge in [0, 0.05) is 36.5 Å². The number of amides is 1. The fraction of sp³-hybridized carbons (Fsp3) is 0.361. The average molecular weight is 644 g/mol. The molecule has 3 aromatic carbocycles. The fourth-order valence-electron chi connectivity index (χ4n) is 5.85. The largest absolute Gasteiger partial charge is 0.497 e. The van der Waals surface area contributed by atoms with Crippen LogP contribution in [0.25, 0.3) is 0 Å². The van der Waals surface area contributed by atoms with Crippen LogP contribution in [0.3, 0.4) is 0 Å². The number of halogens is 1. The Hall–Kier alpha value is -4.90. The maximum atomic E-state index is 15.1. The number of methoxy groups -OCH3 is 2. The van der Waals surface area contributed by atoms with Gasteiger partial charge in [0.2, 0.25) is 5.95 Å². The van der Waals surface area contributed by atoms with Crippen molar-refractivity contribution >= 4 is 23.5 Å². The third-order valence-corrected chi connectivity index (χ3v) is 8.07. The highest BCUT2D eigenvalue weighted by molar-refractivity contribution is 5.88. The number of hydrogen-bond donors (Lipinski definition) is 1. The third-order valence-electron chi connectivity index (χ3n) is 8.07. The van der Waals surface area contributed by atoms with Crippen molar-refractivity contribution in [3.63, 3.8) is 0 Å². The number of likely N-dealkylation sites (tertiary alicyclic amines) is 1. The number of nitrogens with one attached hydrogen (secondary N) is 1. The van der Waals surface area contributed by atoms with Crippen LogP contribution >= 0.6 is 0 Å². The fourth-order valence-corrected chi connectivity index (χ4v) is 5.85. The van der Waals surface area contributed by atoms with Crippen molar-refractivity contribution in [3.05, 3.63) is 88.9 Å². The minimum atomic E-state index is -0.636. The second-order valence-electron chi connectivity index (χ2n) is 12.0. The van der Waals surface area contributed by atoms with Crippen molar-refractivity contribution in [2.24, 2.45) is 5.92 Å². The Morgan fingerprint density at radius 2 is 1.74 bits per heavy atom. The number of rotatable bonds is 11. The zero-order chi connectivity index (χ0) is 33.5. The highest BCUT2D eigenvalue weighted by Crippen LogP contribution is 2.30. The third kappa shape index (κ3) is 8.68. The van der Waals surface area contributed by atoms with Crippen LogP contribution in [-0.2, 0) is 6.54 Å². The minimum absolute atomic E-state index is 0.0876. The lowest BCUT2D eigenvalue weighted by atomic mass is 10.00. The molecule has 2 heterocycles. The Labute approximate surface area is 275 Å². The first-order valence-corrected chi connectivity index (χ1v) is 15.6. The average Bonchev–Trinajstić information content (AvgIpc) is 3.04. The van der Waals surface area contributed by atoms with Crippen LogP contribution < -0.4 is 29.2 Å². The molecule has 11 heteroatoms. The van der Waals surface area contributed by atoms with Gasteiger partial charge in [0.25, 0.3) is 0 Å². The second kappa shape index (κ2) is 15.1. The first kappa shape index (κ1) is 33.5. The van der Waals surface area contributed by atoms with E-state index < -0.39 is 11.9 Å².